The number of ether oxygens (including phenoxy) is 1. The summed E-state index contributed by atoms with van der Waals surface area (Å²) in [4.78, 5) is 6.82. The fourth-order valence-electron chi connectivity index (χ4n) is 3.65. The summed E-state index contributed by atoms with van der Waals surface area (Å²) in [6, 6.07) is 8.27. The van der Waals surface area contributed by atoms with Crippen molar-refractivity contribution in [1.29, 1.82) is 0 Å². The molecule has 7 heteroatoms. The van der Waals surface area contributed by atoms with Crippen molar-refractivity contribution in [2.24, 2.45) is 0 Å². The maximum absolute atomic E-state index is 13.6. The van der Waals surface area contributed by atoms with Crippen molar-refractivity contribution < 1.29 is 9.13 Å². The maximum Gasteiger partial charge on any atom is 0.234 e. The summed E-state index contributed by atoms with van der Waals surface area (Å²) in [6.45, 7) is 1.92. The second-order valence-corrected chi connectivity index (χ2v) is 7.52. The normalized spacial score (nSPS) is 20.3. The van der Waals surface area contributed by atoms with Gasteiger partial charge in [0.1, 0.15) is 11.9 Å². The van der Waals surface area contributed by atoms with Crippen LogP contribution < -0.4 is 10.1 Å². The van der Waals surface area contributed by atoms with Crippen LogP contribution in [0, 0.1) is 5.82 Å². The van der Waals surface area contributed by atoms with Crippen molar-refractivity contribution in [2.75, 3.05) is 25.5 Å². The van der Waals surface area contributed by atoms with Crippen molar-refractivity contribution in [2.45, 2.75) is 31.3 Å². The highest BCUT2D eigenvalue weighted by atomic mass is 19.1. The molecule has 5 rings (SSSR count). The van der Waals surface area contributed by atoms with Crippen molar-refractivity contribution in [3.63, 3.8) is 0 Å². The van der Waals surface area contributed by atoms with Crippen LogP contribution in [-0.2, 0) is 0 Å². The van der Waals surface area contributed by atoms with Gasteiger partial charge in [-0.25, -0.2) is 13.9 Å². The second-order valence-electron chi connectivity index (χ2n) is 7.52. The number of hydrogen-bond donors (Lipinski definition) is 1. The van der Waals surface area contributed by atoms with Crippen LogP contribution in [0.3, 0.4) is 0 Å². The molecule has 1 saturated heterocycles. The van der Waals surface area contributed by atoms with E-state index in [1.165, 1.54) is 25.0 Å². The van der Waals surface area contributed by atoms with Crippen LogP contribution in [0.1, 0.15) is 30.9 Å². The summed E-state index contributed by atoms with van der Waals surface area (Å²) in [7, 11) is 2.10. The van der Waals surface area contributed by atoms with E-state index in [1.807, 2.05) is 22.8 Å². The number of nitrogens with zero attached hydrogens (tertiary/aromatic N) is 4. The lowest BCUT2D eigenvalue weighted by molar-refractivity contribution is 0.197. The Balaban J connectivity index is 1.53. The molecule has 6 nitrogen and oxygen atoms in total. The average Bonchev–Trinajstić information content (AvgIpc) is 3.26. The molecule has 0 amide bonds. The average molecular weight is 367 g/mol. The maximum atomic E-state index is 13.6. The summed E-state index contributed by atoms with van der Waals surface area (Å²) in [6.07, 6.45) is 5.35. The van der Waals surface area contributed by atoms with Gasteiger partial charge in [-0.15, -0.1) is 5.10 Å². The van der Waals surface area contributed by atoms with Gasteiger partial charge in [-0.1, -0.05) is 6.07 Å². The topological polar surface area (TPSA) is 54.7 Å². The van der Waals surface area contributed by atoms with Gasteiger partial charge in [0.2, 0.25) is 5.88 Å². The molecule has 2 aliphatic rings. The van der Waals surface area contributed by atoms with E-state index in [0.29, 0.717) is 17.5 Å². The highest BCUT2D eigenvalue weighted by Gasteiger charge is 2.29. The van der Waals surface area contributed by atoms with Crippen LogP contribution in [0.15, 0.2) is 36.5 Å². The SMILES string of the molecule is CN1CC[C@@H](Oc2cc(Nc3cccc(F)c3)c3ncc(C4CC4)n3n2)C1. The van der Waals surface area contributed by atoms with E-state index in [-0.39, 0.29) is 11.9 Å². The number of imidazole rings is 1. The summed E-state index contributed by atoms with van der Waals surface area (Å²) >= 11 is 0. The van der Waals surface area contributed by atoms with Crippen LogP contribution in [0.25, 0.3) is 5.65 Å². The molecule has 1 saturated carbocycles. The van der Waals surface area contributed by atoms with E-state index in [9.17, 15) is 4.39 Å². The zero-order valence-corrected chi connectivity index (χ0v) is 15.2. The zero-order valence-electron chi connectivity index (χ0n) is 15.2. The third-order valence-corrected chi connectivity index (χ3v) is 5.21. The number of likely N-dealkylation sites (tertiary alicyclic amines) is 1. The lowest BCUT2D eigenvalue weighted by Gasteiger charge is -2.15. The highest BCUT2D eigenvalue weighted by molar-refractivity contribution is 5.74. The lowest BCUT2D eigenvalue weighted by atomic mass is 10.3. The fourth-order valence-corrected chi connectivity index (χ4v) is 3.65. The third-order valence-electron chi connectivity index (χ3n) is 5.21. The third kappa shape index (κ3) is 3.35. The Morgan fingerprint density at radius 3 is 2.85 bits per heavy atom. The summed E-state index contributed by atoms with van der Waals surface area (Å²) in [5, 5.41) is 7.98. The van der Waals surface area contributed by atoms with Gasteiger partial charge in [0.25, 0.3) is 0 Å². The summed E-state index contributed by atoms with van der Waals surface area (Å²) < 4.78 is 21.6. The molecule has 0 unspecified atom stereocenters. The molecular weight excluding hydrogens is 345 g/mol. The molecule has 3 aromatic rings. The molecule has 0 bridgehead atoms. The van der Waals surface area contributed by atoms with Gasteiger partial charge < -0.3 is 15.0 Å². The predicted octanol–water partition coefficient (Wildman–Crippen LogP) is 3.57. The van der Waals surface area contributed by atoms with Crippen LogP contribution in [0.2, 0.25) is 0 Å². The minimum absolute atomic E-state index is 0.134. The molecule has 3 heterocycles. The first-order chi connectivity index (χ1) is 13.2. The lowest BCUT2D eigenvalue weighted by Crippen LogP contribution is -2.22. The van der Waals surface area contributed by atoms with Gasteiger partial charge in [-0.2, -0.15) is 0 Å². The largest absolute Gasteiger partial charge is 0.472 e. The monoisotopic (exact) mass is 367 g/mol. The second kappa shape index (κ2) is 6.49. The number of halogens is 1. The van der Waals surface area contributed by atoms with E-state index in [2.05, 4.69) is 22.2 Å². The zero-order chi connectivity index (χ0) is 18.4. The standard InChI is InChI=1S/C20H22FN5O/c1-25-8-7-16(12-25)27-19-10-17(23-15-4-2-3-14(21)9-15)20-22-11-18(13-5-6-13)26(20)24-19/h2-4,9-11,13,16,23H,5-8,12H2,1H3/t16-/m1/s1. The molecule has 0 radical (unpaired) electrons. The minimum atomic E-state index is -0.280. The van der Waals surface area contributed by atoms with Gasteiger partial charge in [0, 0.05) is 30.8 Å². The molecule has 2 fully saturated rings. The molecule has 0 spiro atoms. The Morgan fingerprint density at radius 1 is 1.22 bits per heavy atom. The summed E-state index contributed by atoms with van der Waals surface area (Å²) in [5.41, 5.74) is 3.29. The Bertz CT molecular complexity index is 984. The van der Waals surface area contributed by atoms with E-state index < -0.39 is 0 Å². The quantitative estimate of drug-likeness (QED) is 0.747. The number of benzene rings is 1. The first-order valence-corrected chi connectivity index (χ1v) is 9.42. The molecule has 1 aliphatic carbocycles. The van der Waals surface area contributed by atoms with Crippen molar-refractivity contribution in [1.82, 2.24) is 19.5 Å². The molecule has 27 heavy (non-hydrogen) atoms. The molecule has 1 N–H and O–H groups in total. The number of aromatic nitrogens is 3. The van der Waals surface area contributed by atoms with Crippen LogP contribution >= 0.6 is 0 Å². The van der Waals surface area contributed by atoms with Gasteiger partial charge >= 0.3 is 0 Å². The molecule has 1 atom stereocenters. The van der Waals surface area contributed by atoms with E-state index in [4.69, 9.17) is 9.84 Å². The smallest absolute Gasteiger partial charge is 0.234 e. The Hall–Kier alpha value is -2.67. The van der Waals surface area contributed by atoms with Crippen LogP contribution in [-0.4, -0.2) is 45.7 Å². The number of hydrogen-bond acceptors (Lipinski definition) is 5. The van der Waals surface area contributed by atoms with Gasteiger partial charge in [0.15, 0.2) is 5.65 Å². The molecule has 1 aromatic carbocycles. The summed E-state index contributed by atoms with van der Waals surface area (Å²) in [5.74, 6) is 0.807. The van der Waals surface area contributed by atoms with Crippen LogP contribution in [0.4, 0.5) is 15.8 Å². The Morgan fingerprint density at radius 2 is 2.11 bits per heavy atom. The highest BCUT2D eigenvalue weighted by Crippen LogP contribution is 2.41. The molecule has 140 valence electrons. The number of nitrogens with one attached hydrogen (secondary N) is 1. The molecule has 1 aliphatic heterocycles. The van der Waals surface area contributed by atoms with E-state index >= 15 is 0 Å². The van der Waals surface area contributed by atoms with Crippen molar-refractivity contribution >= 4 is 17.0 Å². The molecular formula is C20H22FN5O. The van der Waals surface area contributed by atoms with Crippen molar-refractivity contribution in [3.05, 3.63) is 48.0 Å². The van der Waals surface area contributed by atoms with E-state index in [0.717, 1.165) is 36.5 Å². The molecule has 2 aromatic heterocycles. The van der Waals surface area contributed by atoms with E-state index in [1.54, 1.807) is 6.07 Å². The number of fused-ring (bicyclic) bond motifs is 1. The van der Waals surface area contributed by atoms with Crippen LogP contribution in [0.5, 0.6) is 5.88 Å². The number of rotatable bonds is 5. The fraction of sp³-hybridized carbons (Fsp3) is 0.400. The number of likely N-dealkylation sites (N-methyl/N-ethyl adjacent to an activating group) is 1. The van der Waals surface area contributed by atoms with Crippen molar-refractivity contribution in [3.8, 4) is 5.88 Å². The Kier molecular flexibility index (Phi) is 3.97. The van der Waals surface area contributed by atoms with Gasteiger partial charge in [-0.05, 0) is 44.5 Å². The Labute approximate surface area is 157 Å². The van der Waals surface area contributed by atoms with Gasteiger partial charge in [0.05, 0.1) is 17.6 Å². The predicted molar refractivity (Wildman–Crippen MR) is 101 cm³/mol. The number of anilines is 2. The van der Waals surface area contributed by atoms with Gasteiger partial charge in [-0.3, -0.25) is 0 Å². The minimum Gasteiger partial charge on any atom is -0.472 e. The first-order valence-electron chi connectivity index (χ1n) is 9.42. The first kappa shape index (κ1) is 16.5.